The van der Waals surface area contributed by atoms with Gasteiger partial charge in [-0.15, -0.1) is 11.8 Å². The van der Waals surface area contributed by atoms with Crippen LogP contribution in [0, 0.1) is 0 Å². The summed E-state index contributed by atoms with van der Waals surface area (Å²) in [6.45, 7) is 1.45. The summed E-state index contributed by atoms with van der Waals surface area (Å²) in [5.41, 5.74) is 7.55. The summed E-state index contributed by atoms with van der Waals surface area (Å²) in [6, 6.07) is 23.3. The van der Waals surface area contributed by atoms with Crippen molar-refractivity contribution in [3.8, 4) is 0 Å². The van der Waals surface area contributed by atoms with Crippen LogP contribution >= 0.6 is 11.8 Å². The Hall–Kier alpha value is -3.58. The van der Waals surface area contributed by atoms with E-state index in [1.807, 2.05) is 42.5 Å². The monoisotopic (exact) mass is 419 g/mol. The minimum atomic E-state index is -0.608. The number of nitrogens with two attached hydrogens (primary N) is 1. The first-order chi connectivity index (χ1) is 14.4. The van der Waals surface area contributed by atoms with Crippen molar-refractivity contribution in [1.82, 2.24) is 0 Å². The Labute approximate surface area is 178 Å². The Kier molecular flexibility index (Phi) is 6.87. The van der Waals surface area contributed by atoms with Gasteiger partial charge in [-0.1, -0.05) is 42.5 Å². The number of amides is 3. The van der Waals surface area contributed by atoms with Crippen molar-refractivity contribution in [2.75, 3.05) is 10.6 Å². The van der Waals surface area contributed by atoms with Crippen LogP contribution in [-0.4, -0.2) is 17.7 Å². The number of hydrogen-bond donors (Lipinski definition) is 3. The normalized spacial score (nSPS) is 11.4. The van der Waals surface area contributed by atoms with E-state index in [1.54, 1.807) is 36.4 Å². The predicted octanol–water partition coefficient (Wildman–Crippen LogP) is 4.22. The van der Waals surface area contributed by atoms with Crippen molar-refractivity contribution in [3.63, 3.8) is 0 Å². The Morgan fingerprint density at radius 2 is 1.47 bits per heavy atom. The molecule has 3 aromatic rings. The molecule has 3 aromatic carbocycles. The van der Waals surface area contributed by atoms with E-state index in [1.165, 1.54) is 18.7 Å². The number of anilines is 2. The third-order valence-electron chi connectivity index (χ3n) is 4.22. The van der Waals surface area contributed by atoms with E-state index >= 15 is 0 Å². The molecule has 0 aromatic heterocycles. The molecular formula is C23H21N3O3S. The Morgan fingerprint density at radius 3 is 2.10 bits per heavy atom. The molecule has 4 N–H and O–H groups in total. The summed E-state index contributed by atoms with van der Waals surface area (Å²) in [4.78, 5) is 36.9. The first-order valence-corrected chi connectivity index (χ1v) is 10.1. The molecule has 0 aliphatic carbocycles. The van der Waals surface area contributed by atoms with Crippen LogP contribution in [0.1, 0.15) is 28.1 Å². The van der Waals surface area contributed by atoms with Crippen molar-refractivity contribution in [1.29, 1.82) is 0 Å². The lowest BCUT2D eigenvalue weighted by Gasteiger charge is -2.18. The Morgan fingerprint density at radius 1 is 0.833 bits per heavy atom. The second kappa shape index (κ2) is 9.76. The van der Waals surface area contributed by atoms with Crippen LogP contribution in [-0.2, 0) is 9.59 Å². The van der Waals surface area contributed by atoms with E-state index in [2.05, 4.69) is 10.6 Å². The summed E-state index contributed by atoms with van der Waals surface area (Å²) < 4.78 is 0. The maximum atomic E-state index is 13.2. The molecule has 0 saturated carbocycles. The summed E-state index contributed by atoms with van der Waals surface area (Å²) in [6.07, 6.45) is 0. The lowest BCUT2D eigenvalue weighted by molar-refractivity contribution is -0.116. The molecule has 0 aliphatic rings. The zero-order chi connectivity index (χ0) is 21.5. The summed E-state index contributed by atoms with van der Waals surface area (Å²) in [5, 5.41) is 4.99. The number of para-hydroxylation sites is 1. The van der Waals surface area contributed by atoms with E-state index < -0.39 is 11.2 Å². The number of thioether (sulfide) groups is 1. The van der Waals surface area contributed by atoms with Crippen LogP contribution in [0.25, 0.3) is 0 Å². The molecular weight excluding hydrogens is 398 g/mol. The van der Waals surface area contributed by atoms with Gasteiger partial charge in [0.25, 0.3) is 5.91 Å². The molecule has 3 amide bonds. The third-order valence-corrected chi connectivity index (χ3v) is 5.49. The van der Waals surface area contributed by atoms with E-state index in [-0.39, 0.29) is 17.4 Å². The van der Waals surface area contributed by atoms with Crippen LogP contribution in [0.15, 0.2) is 83.8 Å². The maximum absolute atomic E-state index is 13.2. The average Bonchev–Trinajstić information content (AvgIpc) is 2.73. The number of carbonyl (C=O) groups is 3. The largest absolute Gasteiger partial charge is 0.366 e. The van der Waals surface area contributed by atoms with E-state index in [0.717, 1.165) is 10.5 Å². The van der Waals surface area contributed by atoms with Gasteiger partial charge in [-0.25, -0.2) is 0 Å². The lowest BCUT2D eigenvalue weighted by Crippen LogP contribution is -2.22. The Bertz CT molecular complexity index is 1050. The standard InChI is InChI=1S/C23H21N3O3S/c1-15(27)25-17-11-13-18(14-12-17)30-21(16-7-3-2-4-8-16)23(29)26-20-10-6-5-9-19(20)22(24)28/h2-14,21H,1H3,(H2,24,28)(H,25,27)(H,26,29). The van der Waals surface area contributed by atoms with Crippen LogP contribution in [0.5, 0.6) is 0 Å². The number of benzene rings is 3. The molecule has 0 heterocycles. The SMILES string of the molecule is CC(=O)Nc1ccc(SC(C(=O)Nc2ccccc2C(N)=O)c2ccccc2)cc1. The second-order valence-corrected chi connectivity index (χ2v) is 7.69. The van der Waals surface area contributed by atoms with Crippen LogP contribution < -0.4 is 16.4 Å². The highest BCUT2D eigenvalue weighted by molar-refractivity contribution is 8.00. The average molecular weight is 420 g/mol. The molecule has 0 radical (unpaired) electrons. The van der Waals surface area contributed by atoms with Gasteiger partial charge in [0.05, 0.1) is 11.3 Å². The predicted molar refractivity (Wildman–Crippen MR) is 119 cm³/mol. The number of hydrogen-bond acceptors (Lipinski definition) is 4. The topological polar surface area (TPSA) is 101 Å². The smallest absolute Gasteiger partial charge is 0.250 e. The highest BCUT2D eigenvalue weighted by atomic mass is 32.2. The minimum Gasteiger partial charge on any atom is -0.366 e. The lowest BCUT2D eigenvalue weighted by atomic mass is 10.1. The number of carbonyl (C=O) groups excluding carboxylic acids is 3. The van der Waals surface area contributed by atoms with Crippen molar-refractivity contribution < 1.29 is 14.4 Å². The van der Waals surface area contributed by atoms with Crippen LogP contribution in [0.3, 0.4) is 0 Å². The van der Waals surface area contributed by atoms with Crippen molar-refractivity contribution in [2.45, 2.75) is 17.1 Å². The van der Waals surface area contributed by atoms with Gasteiger partial charge in [-0.3, -0.25) is 14.4 Å². The maximum Gasteiger partial charge on any atom is 0.250 e. The van der Waals surface area contributed by atoms with Crippen molar-refractivity contribution in [2.24, 2.45) is 5.73 Å². The fourth-order valence-corrected chi connectivity index (χ4v) is 3.89. The van der Waals surface area contributed by atoms with E-state index in [9.17, 15) is 14.4 Å². The van der Waals surface area contributed by atoms with Crippen molar-refractivity contribution >= 4 is 40.9 Å². The van der Waals surface area contributed by atoms with E-state index in [0.29, 0.717) is 11.4 Å². The molecule has 7 heteroatoms. The van der Waals surface area contributed by atoms with Gasteiger partial charge < -0.3 is 16.4 Å². The van der Waals surface area contributed by atoms with Crippen molar-refractivity contribution in [3.05, 3.63) is 90.0 Å². The molecule has 1 unspecified atom stereocenters. The molecule has 0 spiro atoms. The molecule has 1 atom stereocenters. The van der Waals surface area contributed by atoms with Gasteiger partial charge in [-0.2, -0.15) is 0 Å². The van der Waals surface area contributed by atoms with E-state index in [4.69, 9.17) is 5.73 Å². The molecule has 3 rings (SSSR count). The number of primary amides is 1. The molecule has 0 aliphatic heterocycles. The van der Waals surface area contributed by atoms with Gasteiger partial charge in [0.15, 0.2) is 0 Å². The highest BCUT2D eigenvalue weighted by Crippen LogP contribution is 2.37. The molecule has 0 bridgehead atoms. The fraction of sp³-hybridized carbons (Fsp3) is 0.0870. The molecule has 0 fully saturated rings. The zero-order valence-electron chi connectivity index (χ0n) is 16.3. The molecule has 30 heavy (non-hydrogen) atoms. The van der Waals surface area contributed by atoms with Gasteiger partial charge >= 0.3 is 0 Å². The summed E-state index contributed by atoms with van der Waals surface area (Å²) >= 11 is 1.37. The summed E-state index contributed by atoms with van der Waals surface area (Å²) in [7, 11) is 0. The first kappa shape index (κ1) is 21.1. The molecule has 152 valence electrons. The minimum absolute atomic E-state index is 0.148. The number of nitrogens with one attached hydrogen (secondary N) is 2. The van der Waals surface area contributed by atoms with Crippen LogP contribution in [0.4, 0.5) is 11.4 Å². The Balaban J connectivity index is 1.85. The second-order valence-electron chi connectivity index (χ2n) is 6.51. The highest BCUT2D eigenvalue weighted by Gasteiger charge is 2.23. The first-order valence-electron chi connectivity index (χ1n) is 9.23. The quantitative estimate of drug-likeness (QED) is 0.499. The zero-order valence-corrected chi connectivity index (χ0v) is 17.1. The molecule has 6 nitrogen and oxygen atoms in total. The number of rotatable bonds is 7. The van der Waals surface area contributed by atoms with Gasteiger partial charge in [-0.05, 0) is 42.0 Å². The molecule has 0 saturated heterocycles. The third kappa shape index (κ3) is 5.48. The van der Waals surface area contributed by atoms with Gasteiger partial charge in [0.2, 0.25) is 11.8 Å². The van der Waals surface area contributed by atoms with Gasteiger partial charge in [0, 0.05) is 17.5 Å². The van der Waals surface area contributed by atoms with Gasteiger partial charge in [0.1, 0.15) is 5.25 Å². The fourth-order valence-electron chi connectivity index (χ4n) is 2.86. The summed E-state index contributed by atoms with van der Waals surface area (Å²) in [5.74, 6) is -1.03. The van der Waals surface area contributed by atoms with Crippen LogP contribution in [0.2, 0.25) is 0 Å².